The number of nitrogens with zero attached hydrogens (tertiary/aromatic N) is 2. The SMILES string of the molecule is CCCNC(=O)[C@@H]1CCC[C@@H]2SCC[C@H](NC(=O)[C@H](CC[C@H](Cc3ccccc3)C(=O)N[C@H]3CCS[C@H]4CCC[C@@H](C(=O)NCCC)N4C3=O)Cc3ccccc3)C(=O)N21. The van der Waals surface area contributed by atoms with Gasteiger partial charge in [-0.15, -0.1) is 23.5 Å². The fourth-order valence-electron chi connectivity index (χ4n) is 9.04. The van der Waals surface area contributed by atoms with Crippen LogP contribution in [0.15, 0.2) is 60.7 Å². The van der Waals surface area contributed by atoms with E-state index in [0.717, 1.165) is 49.7 Å². The number of carbonyl (C=O) groups excluding carboxylic acids is 6. The van der Waals surface area contributed by atoms with E-state index in [1.807, 2.05) is 74.5 Å². The van der Waals surface area contributed by atoms with Crippen LogP contribution in [-0.2, 0) is 41.6 Å². The number of thioether (sulfide) groups is 2. The van der Waals surface area contributed by atoms with Crippen LogP contribution < -0.4 is 21.3 Å². The molecule has 4 N–H and O–H groups in total. The van der Waals surface area contributed by atoms with Crippen LogP contribution >= 0.6 is 23.5 Å². The summed E-state index contributed by atoms with van der Waals surface area (Å²) in [6.45, 7) is 5.09. The van der Waals surface area contributed by atoms with Crippen LogP contribution in [-0.4, -0.2) is 105 Å². The maximum absolute atomic E-state index is 14.5. The van der Waals surface area contributed by atoms with Gasteiger partial charge in [0.15, 0.2) is 0 Å². The Hall–Kier alpha value is -4.04. The molecule has 0 bridgehead atoms. The van der Waals surface area contributed by atoms with Crippen molar-refractivity contribution in [3.05, 3.63) is 71.8 Å². The number of fused-ring (bicyclic) bond motifs is 2. The Labute approximate surface area is 364 Å². The van der Waals surface area contributed by atoms with Crippen LogP contribution in [0.1, 0.15) is 102 Å². The summed E-state index contributed by atoms with van der Waals surface area (Å²) in [5.41, 5.74) is 1.95. The minimum Gasteiger partial charge on any atom is -0.354 e. The zero-order chi connectivity index (χ0) is 42.4. The fourth-order valence-corrected chi connectivity index (χ4v) is 11.8. The zero-order valence-corrected chi connectivity index (χ0v) is 36.9. The normalized spacial score (nSPS) is 25.4. The third-order valence-electron chi connectivity index (χ3n) is 12.3. The van der Waals surface area contributed by atoms with Gasteiger partial charge in [0.2, 0.25) is 35.4 Å². The molecule has 2 aromatic rings. The van der Waals surface area contributed by atoms with Gasteiger partial charge in [0.1, 0.15) is 24.2 Å². The number of carbonyl (C=O) groups is 6. The Morgan fingerprint density at radius 2 is 1.00 bits per heavy atom. The van der Waals surface area contributed by atoms with Crippen molar-refractivity contribution in [2.75, 3.05) is 24.6 Å². The fraction of sp³-hybridized carbons (Fsp3) is 0.609. The van der Waals surface area contributed by atoms with E-state index < -0.39 is 36.0 Å². The van der Waals surface area contributed by atoms with Gasteiger partial charge in [0, 0.05) is 24.9 Å². The molecular formula is C46H64N6O6S2. The van der Waals surface area contributed by atoms with Gasteiger partial charge in [0.25, 0.3) is 0 Å². The van der Waals surface area contributed by atoms with Gasteiger partial charge in [-0.1, -0.05) is 74.5 Å². The summed E-state index contributed by atoms with van der Waals surface area (Å²) < 4.78 is 0. The van der Waals surface area contributed by atoms with E-state index >= 15 is 0 Å². The summed E-state index contributed by atoms with van der Waals surface area (Å²) in [6.07, 6.45) is 8.68. The molecule has 6 rings (SSSR count). The first-order chi connectivity index (χ1) is 29.2. The first-order valence-electron chi connectivity index (χ1n) is 22.3. The highest BCUT2D eigenvalue weighted by atomic mass is 32.2. The van der Waals surface area contributed by atoms with E-state index in [2.05, 4.69) is 21.3 Å². The standard InChI is InChI=1S/C46H64N6O6S2/c1-3-25-47-43(55)37-17-11-19-39-51(37)45(57)35(23-27-59-39)49-41(53)33(29-31-13-7-5-8-14-31)21-22-34(30-32-15-9-6-10-16-32)42(54)50-36-24-28-60-40-20-12-18-38(52(40)46(36)58)44(56)48-26-4-2/h5-10,13-16,33-40H,3-4,11-12,17-30H2,1-2H3,(H,47,55)(H,48,56)(H,49,53)(H,50,54)/t33-,34-,35+,36+,37+,38+,39+,40+/m1/s1. The Kier molecular flexibility index (Phi) is 17.2. The van der Waals surface area contributed by atoms with Crippen LogP contribution in [0.5, 0.6) is 0 Å². The first-order valence-corrected chi connectivity index (χ1v) is 24.4. The largest absolute Gasteiger partial charge is 0.354 e. The Morgan fingerprint density at radius 1 is 0.600 bits per heavy atom. The summed E-state index contributed by atoms with van der Waals surface area (Å²) in [4.78, 5) is 87.5. The van der Waals surface area contributed by atoms with E-state index in [-0.39, 0.29) is 46.2 Å². The quantitative estimate of drug-likeness (QED) is 0.169. The molecule has 14 heteroatoms. The Bertz CT molecular complexity index is 1640. The van der Waals surface area contributed by atoms with E-state index in [0.29, 0.717) is 76.0 Å². The van der Waals surface area contributed by atoms with Crippen molar-refractivity contribution in [1.82, 2.24) is 31.1 Å². The summed E-state index contributed by atoms with van der Waals surface area (Å²) in [6, 6.07) is 16.9. The summed E-state index contributed by atoms with van der Waals surface area (Å²) in [7, 11) is 0. The number of nitrogens with one attached hydrogen (secondary N) is 4. The molecular weight excluding hydrogens is 797 g/mol. The lowest BCUT2D eigenvalue weighted by Crippen LogP contribution is -2.59. The molecule has 326 valence electrons. The van der Waals surface area contributed by atoms with E-state index in [9.17, 15) is 28.8 Å². The molecule has 2 aromatic carbocycles. The minimum absolute atomic E-state index is 0.105. The average Bonchev–Trinajstić information content (AvgIpc) is 3.53. The number of hydrogen-bond acceptors (Lipinski definition) is 8. The van der Waals surface area contributed by atoms with Crippen LogP contribution in [0.3, 0.4) is 0 Å². The van der Waals surface area contributed by atoms with E-state index in [4.69, 9.17) is 0 Å². The summed E-state index contributed by atoms with van der Waals surface area (Å²) in [5.74, 6) is -0.899. The summed E-state index contributed by atoms with van der Waals surface area (Å²) >= 11 is 3.37. The lowest BCUT2D eigenvalue weighted by atomic mass is 9.86. The van der Waals surface area contributed by atoms with E-state index in [1.165, 1.54) is 0 Å². The molecule has 0 aliphatic carbocycles. The van der Waals surface area contributed by atoms with Gasteiger partial charge in [-0.3, -0.25) is 28.8 Å². The minimum atomic E-state index is -0.762. The number of benzene rings is 2. The third-order valence-corrected chi connectivity index (χ3v) is 14.9. The average molecular weight is 861 g/mol. The third kappa shape index (κ3) is 11.9. The van der Waals surface area contributed by atoms with Gasteiger partial charge < -0.3 is 31.1 Å². The van der Waals surface area contributed by atoms with E-state index in [1.54, 1.807) is 33.3 Å². The lowest BCUT2D eigenvalue weighted by Gasteiger charge is -2.41. The van der Waals surface area contributed by atoms with Crippen molar-refractivity contribution in [3.8, 4) is 0 Å². The molecule has 0 radical (unpaired) electrons. The highest BCUT2D eigenvalue weighted by Gasteiger charge is 2.45. The second-order valence-electron chi connectivity index (χ2n) is 16.7. The Balaban J connectivity index is 1.19. The molecule has 0 spiro atoms. The molecule has 4 aliphatic heterocycles. The number of piperidine rings is 2. The number of hydrogen-bond donors (Lipinski definition) is 4. The van der Waals surface area contributed by atoms with Crippen molar-refractivity contribution in [2.24, 2.45) is 11.8 Å². The second kappa shape index (κ2) is 22.7. The molecule has 4 heterocycles. The van der Waals surface area contributed by atoms with Crippen LogP contribution in [0, 0.1) is 11.8 Å². The second-order valence-corrected chi connectivity index (χ2v) is 19.2. The maximum atomic E-state index is 14.5. The molecule has 0 aromatic heterocycles. The molecule has 0 saturated carbocycles. The lowest BCUT2D eigenvalue weighted by molar-refractivity contribution is -0.146. The van der Waals surface area contributed by atoms with Crippen molar-refractivity contribution in [3.63, 3.8) is 0 Å². The van der Waals surface area contributed by atoms with Crippen molar-refractivity contribution in [2.45, 2.75) is 139 Å². The van der Waals surface area contributed by atoms with Crippen molar-refractivity contribution >= 4 is 59.0 Å². The van der Waals surface area contributed by atoms with Gasteiger partial charge in [-0.2, -0.15) is 0 Å². The predicted molar refractivity (Wildman–Crippen MR) is 238 cm³/mol. The molecule has 0 unspecified atom stereocenters. The maximum Gasteiger partial charge on any atom is 0.246 e. The van der Waals surface area contributed by atoms with Gasteiger partial charge >= 0.3 is 0 Å². The first kappa shape index (κ1) is 45.5. The molecule has 8 atom stereocenters. The molecule has 4 aliphatic rings. The number of rotatable bonds is 17. The van der Waals surface area contributed by atoms with Crippen LogP contribution in [0.25, 0.3) is 0 Å². The summed E-state index contributed by atoms with van der Waals surface area (Å²) in [5, 5.41) is 12.0. The van der Waals surface area contributed by atoms with Crippen molar-refractivity contribution in [1.29, 1.82) is 0 Å². The molecule has 12 nitrogen and oxygen atoms in total. The smallest absolute Gasteiger partial charge is 0.246 e. The molecule has 4 fully saturated rings. The van der Waals surface area contributed by atoms with Gasteiger partial charge in [0.05, 0.1) is 10.7 Å². The molecule has 60 heavy (non-hydrogen) atoms. The number of amides is 6. The molecule has 6 amide bonds. The van der Waals surface area contributed by atoms with Gasteiger partial charge in [-0.25, -0.2) is 0 Å². The topological polar surface area (TPSA) is 157 Å². The zero-order valence-electron chi connectivity index (χ0n) is 35.3. The van der Waals surface area contributed by atoms with Crippen LogP contribution in [0.2, 0.25) is 0 Å². The molecule has 4 saturated heterocycles. The highest BCUT2D eigenvalue weighted by Crippen LogP contribution is 2.36. The predicted octanol–water partition coefficient (Wildman–Crippen LogP) is 5.19. The highest BCUT2D eigenvalue weighted by molar-refractivity contribution is 8.00. The van der Waals surface area contributed by atoms with Crippen LogP contribution in [0.4, 0.5) is 0 Å². The van der Waals surface area contributed by atoms with Crippen molar-refractivity contribution < 1.29 is 28.8 Å². The monoisotopic (exact) mass is 860 g/mol. The van der Waals surface area contributed by atoms with Gasteiger partial charge in [-0.05, 0) is 113 Å². The Morgan fingerprint density at radius 3 is 1.38 bits per heavy atom.